The van der Waals surface area contributed by atoms with Crippen molar-refractivity contribution < 1.29 is 9.53 Å². The minimum absolute atomic E-state index is 0.174. The van der Waals surface area contributed by atoms with E-state index in [1.54, 1.807) is 0 Å². The topological polar surface area (TPSA) is 53.3 Å². The molecule has 2 unspecified atom stereocenters. The number of morpholine rings is 1. The third-order valence-electron chi connectivity index (χ3n) is 1.86. The molecule has 1 aliphatic heterocycles. The highest BCUT2D eigenvalue weighted by Gasteiger charge is 2.22. The summed E-state index contributed by atoms with van der Waals surface area (Å²) >= 11 is 0. The molecule has 0 saturated carbocycles. The van der Waals surface area contributed by atoms with Crippen molar-refractivity contribution in [2.24, 2.45) is 0 Å². The van der Waals surface area contributed by atoms with Crippen LogP contribution in [0.25, 0.3) is 0 Å². The zero-order chi connectivity index (χ0) is 9.14. The van der Waals surface area contributed by atoms with Gasteiger partial charge in [-0.15, -0.1) is 0 Å². The molecular weight excluding hydrogens is 156 g/mol. The minimum atomic E-state index is -0.517. The zero-order valence-corrected chi connectivity index (χ0v) is 7.54. The predicted molar refractivity (Wildman–Crippen MR) is 44.6 cm³/mol. The number of carbonyl (C=O) groups excluding carboxylic acids is 1. The second kappa shape index (κ2) is 3.87. The Morgan fingerprint density at radius 3 is 2.42 bits per heavy atom. The third kappa shape index (κ3) is 2.79. The fourth-order valence-electron chi connectivity index (χ4n) is 1.62. The molecule has 2 atom stereocenters. The van der Waals surface area contributed by atoms with Gasteiger partial charge in [0.1, 0.15) is 0 Å². The van der Waals surface area contributed by atoms with E-state index in [1.807, 2.05) is 18.7 Å². The molecule has 69 valence electrons. The van der Waals surface area contributed by atoms with Crippen LogP contribution >= 0.6 is 0 Å². The van der Waals surface area contributed by atoms with Crippen LogP contribution in [0.1, 0.15) is 13.8 Å². The Balaban J connectivity index is 2.38. The second-order valence-corrected chi connectivity index (χ2v) is 3.37. The molecule has 1 heterocycles. The molecule has 12 heavy (non-hydrogen) atoms. The van der Waals surface area contributed by atoms with Crippen molar-refractivity contribution >= 4 is 5.91 Å². The van der Waals surface area contributed by atoms with Crippen molar-refractivity contribution in [2.75, 3.05) is 19.6 Å². The highest BCUT2D eigenvalue weighted by atomic mass is 16.5. The summed E-state index contributed by atoms with van der Waals surface area (Å²) in [5.41, 5.74) is 6.82. The molecule has 1 aliphatic rings. The Kier molecular flexibility index (Phi) is 3.05. The quantitative estimate of drug-likeness (QED) is 0.583. The van der Waals surface area contributed by atoms with Crippen molar-refractivity contribution in [1.29, 1.82) is 0 Å². The van der Waals surface area contributed by atoms with Crippen LogP contribution in [0.4, 0.5) is 0 Å². The first-order valence-electron chi connectivity index (χ1n) is 4.20. The molecule has 1 N–H and O–H groups in total. The van der Waals surface area contributed by atoms with Gasteiger partial charge >= 0.3 is 0 Å². The SMILES string of the molecule is CC1CN(CC([NH])=O)CC(C)O1. The molecule has 1 rings (SSSR count). The maximum atomic E-state index is 10.5. The van der Waals surface area contributed by atoms with E-state index in [0.717, 1.165) is 13.1 Å². The third-order valence-corrected chi connectivity index (χ3v) is 1.86. The lowest BCUT2D eigenvalue weighted by molar-refractivity contribution is -0.123. The highest BCUT2D eigenvalue weighted by Crippen LogP contribution is 2.09. The molecular formula is C8H15N2O2. The summed E-state index contributed by atoms with van der Waals surface area (Å²) in [4.78, 5) is 12.5. The lowest BCUT2D eigenvalue weighted by Gasteiger charge is -2.34. The van der Waals surface area contributed by atoms with E-state index in [0.29, 0.717) is 0 Å². The fourth-order valence-corrected chi connectivity index (χ4v) is 1.62. The monoisotopic (exact) mass is 171 g/mol. The van der Waals surface area contributed by atoms with Crippen LogP contribution in [0.2, 0.25) is 0 Å². The minimum Gasteiger partial charge on any atom is -0.373 e. The van der Waals surface area contributed by atoms with E-state index < -0.39 is 5.91 Å². The molecule has 4 nitrogen and oxygen atoms in total. The van der Waals surface area contributed by atoms with Gasteiger partial charge in [-0.05, 0) is 13.8 Å². The fraction of sp³-hybridized carbons (Fsp3) is 0.875. The summed E-state index contributed by atoms with van der Waals surface area (Å²) in [5.74, 6) is -0.517. The van der Waals surface area contributed by atoms with Gasteiger partial charge in [0.2, 0.25) is 0 Å². The van der Waals surface area contributed by atoms with Crippen LogP contribution in [0.5, 0.6) is 0 Å². The largest absolute Gasteiger partial charge is 0.373 e. The molecule has 1 amide bonds. The van der Waals surface area contributed by atoms with E-state index in [1.165, 1.54) is 0 Å². The van der Waals surface area contributed by atoms with Gasteiger partial charge in [-0.25, -0.2) is 0 Å². The first-order valence-corrected chi connectivity index (χ1v) is 4.20. The Labute approximate surface area is 72.7 Å². The van der Waals surface area contributed by atoms with Gasteiger partial charge in [0.25, 0.3) is 5.91 Å². The number of amides is 1. The molecule has 0 spiro atoms. The van der Waals surface area contributed by atoms with Crippen LogP contribution in [-0.2, 0) is 9.53 Å². The number of nitrogens with zero attached hydrogens (tertiary/aromatic N) is 1. The zero-order valence-electron chi connectivity index (χ0n) is 7.54. The standard InChI is InChI=1S/C8H15N2O2/c1-6-3-10(5-8(9)11)4-7(2)12-6/h6-7,9H,3-5H2,1-2H3. The van der Waals surface area contributed by atoms with Gasteiger partial charge in [0.15, 0.2) is 0 Å². The summed E-state index contributed by atoms with van der Waals surface area (Å²) in [6.07, 6.45) is 0.348. The molecule has 1 radical (unpaired) electrons. The van der Waals surface area contributed by atoms with Crippen molar-refractivity contribution in [2.45, 2.75) is 26.1 Å². The molecule has 0 aliphatic carbocycles. The van der Waals surface area contributed by atoms with Crippen LogP contribution in [0.15, 0.2) is 0 Å². The van der Waals surface area contributed by atoms with Gasteiger partial charge in [0, 0.05) is 13.1 Å². The first-order chi connectivity index (χ1) is 5.58. The van der Waals surface area contributed by atoms with Crippen LogP contribution in [-0.4, -0.2) is 42.6 Å². The van der Waals surface area contributed by atoms with E-state index in [9.17, 15) is 4.79 Å². The smallest absolute Gasteiger partial charge is 0.252 e. The molecule has 1 saturated heterocycles. The Bertz CT molecular complexity index is 162. The number of ether oxygens (including phenoxy) is 1. The lowest BCUT2D eigenvalue weighted by atomic mass is 10.2. The predicted octanol–water partition coefficient (Wildman–Crippen LogP) is -0.0949. The summed E-state index contributed by atoms with van der Waals surface area (Å²) < 4.78 is 5.48. The number of rotatable bonds is 2. The average Bonchev–Trinajstić information content (AvgIpc) is 1.81. The first kappa shape index (κ1) is 9.48. The van der Waals surface area contributed by atoms with Crippen LogP contribution in [0.3, 0.4) is 0 Å². The van der Waals surface area contributed by atoms with Crippen molar-refractivity contribution in [3.05, 3.63) is 0 Å². The summed E-state index contributed by atoms with van der Waals surface area (Å²) in [7, 11) is 0. The molecule has 4 heteroatoms. The highest BCUT2D eigenvalue weighted by molar-refractivity contribution is 5.75. The lowest BCUT2D eigenvalue weighted by Crippen LogP contribution is -2.47. The number of nitrogens with one attached hydrogen (secondary N) is 1. The number of hydrogen-bond donors (Lipinski definition) is 0. The summed E-state index contributed by atoms with van der Waals surface area (Å²) in [6.45, 7) is 5.72. The number of hydrogen-bond acceptors (Lipinski definition) is 3. The summed E-state index contributed by atoms with van der Waals surface area (Å²) in [6, 6.07) is 0. The molecule has 0 aromatic heterocycles. The van der Waals surface area contributed by atoms with Gasteiger partial charge in [-0.3, -0.25) is 15.4 Å². The molecule has 0 bridgehead atoms. The van der Waals surface area contributed by atoms with Gasteiger partial charge in [-0.1, -0.05) is 0 Å². The Morgan fingerprint density at radius 1 is 1.50 bits per heavy atom. The summed E-state index contributed by atoms with van der Waals surface area (Å²) in [5, 5.41) is 0. The van der Waals surface area contributed by atoms with E-state index in [2.05, 4.69) is 0 Å². The van der Waals surface area contributed by atoms with Gasteiger partial charge in [0.05, 0.1) is 18.8 Å². The molecule has 0 aromatic rings. The van der Waals surface area contributed by atoms with E-state index >= 15 is 0 Å². The average molecular weight is 171 g/mol. The Hall–Kier alpha value is -0.610. The van der Waals surface area contributed by atoms with Gasteiger partial charge in [-0.2, -0.15) is 0 Å². The van der Waals surface area contributed by atoms with Crippen LogP contribution in [0, 0.1) is 0 Å². The molecule has 1 fully saturated rings. The van der Waals surface area contributed by atoms with Crippen molar-refractivity contribution in [3.8, 4) is 0 Å². The number of carbonyl (C=O) groups is 1. The van der Waals surface area contributed by atoms with Crippen LogP contribution < -0.4 is 5.73 Å². The van der Waals surface area contributed by atoms with Crippen molar-refractivity contribution in [3.63, 3.8) is 0 Å². The maximum Gasteiger partial charge on any atom is 0.252 e. The molecule has 0 aromatic carbocycles. The van der Waals surface area contributed by atoms with Crippen molar-refractivity contribution in [1.82, 2.24) is 10.6 Å². The maximum absolute atomic E-state index is 10.5. The van der Waals surface area contributed by atoms with Gasteiger partial charge < -0.3 is 4.74 Å². The Morgan fingerprint density at radius 2 is 2.00 bits per heavy atom. The normalized spacial score (nSPS) is 31.8. The second-order valence-electron chi connectivity index (χ2n) is 3.37. The van der Waals surface area contributed by atoms with E-state index in [4.69, 9.17) is 10.5 Å². The van der Waals surface area contributed by atoms with E-state index in [-0.39, 0.29) is 18.8 Å².